The van der Waals surface area contributed by atoms with Crippen LogP contribution in [-0.4, -0.2) is 57.4 Å². The number of rotatable bonds is 7. The number of thiazole rings is 1. The van der Waals surface area contributed by atoms with Crippen molar-refractivity contribution in [3.05, 3.63) is 76.0 Å². The summed E-state index contributed by atoms with van der Waals surface area (Å²) in [4.78, 5) is 21.4. The summed E-state index contributed by atoms with van der Waals surface area (Å²) in [7, 11) is -2.17. The molecule has 1 saturated heterocycles. The summed E-state index contributed by atoms with van der Waals surface area (Å²) in [5.74, 6) is -0.263. The zero-order valence-electron chi connectivity index (χ0n) is 18.2. The largest absolute Gasteiger partial charge is 0.367 e. The Labute approximate surface area is 196 Å². The fourth-order valence-electron chi connectivity index (χ4n) is 3.81. The average Bonchev–Trinajstić information content (AvgIpc) is 3.27. The van der Waals surface area contributed by atoms with Crippen LogP contribution >= 0.6 is 11.3 Å². The Balaban J connectivity index is 1.34. The number of nitrogens with zero attached hydrogens (tertiary/aromatic N) is 3. The fourth-order valence-corrected chi connectivity index (χ4v) is 5.59. The Morgan fingerprint density at radius 2 is 1.79 bits per heavy atom. The molecule has 0 bridgehead atoms. The Morgan fingerprint density at radius 1 is 1.09 bits per heavy atom. The number of carbonyl (C=O) groups is 1. The minimum absolute atomic E-state index is 0.00409. The molecule has 0 radical (unpaired) electrons. The Morgan fingerprint density at radius 3 is 2.48 bits per heavy atom. The van der Waals surface area contributed by atoms with Gasteiger partial charge in [-0.05, 0) is 36.9 Å². The molecule has 3 aromatic rings. The highest BCUT2D eigenvalue weighted by Gasteiger charge is 2.26. The molecule has 0 saturated carbocycles. The maximum absolute atomic E-state index is 13.1. The summed E-state index contributed by atoms with van der Waals surface area (Å²) >= 11 is 1.49. The van der Waals surface area contributed by atoms with Gasteiger partial charge in [0.1, 0.15) is 10.7 Å². The van der Waals surface area contributed by atoms with E-state index in [4.69, 9.17) is 0 Å². The molecule has 1 N–H and O–H groups in total. The van der Waals surface area contributed by atoms with Gasteiger partial charge >= 0.3 is 0 Å². The van der Waals surface area contributed by atoms with Gasteiger partial charge in [0.25, 0.3) is 0 Å². The Kier molecular flexibility index (Phi) is 7.06. The number of amides is 1. The predicted octanol–water partition coefficient (Wildman–Crippen LogP) is 2.67. The molecule has 2 aromatic carbocycles. The molecule has 4 rings (SSSR count). The van der Waals surface area contributed by atoms with E-state index in [1.165, 1.54) is 30.5 Å². The van der Waals surface area contributed by atoms with Crippen molar-refractivity contribution in [2.75, 3.05) is 38.1 Å². The first kappa shape index (κ1) is 23.3. The molecule has 0 atom stereocenters. The molecule has 0 aliphatic carbocycles. The van der Waals surface area contributed by atoms with E-state index in [2.05, 4.69) is 9.71 Å². The van der Waals surface area contributed by atoms with Crippen molar-refractivity contribution in [1.82, 2.24) is 14.6 Å². The highest BCUT2D eigenvalue weighted by molar-refractivity contribution is 7.89. The topological polar surface area (TPSA) is 82.6 Å². The third kappa shape index (κ3) is 5.58. The van der Waals surface area contributed by atoms with E-state index >= 15 is 0 Å². The lowest BCUT2D eigenvalue weighted by molar-refractivity contribution is -0.130. The van der Waals surface area contributed by atoms with Crippen LogP contribution in [0.2, 0.25) is 0 Å². The summed E-state index contributed by atoms with van der Waals surface area (Å²) in [5, 5.41) is 2.78. The summed E-state index contributed by atoms with van der Waals surface area (Å²) in [5.41, 5.74) is 2.35. The molecule has 174 valence electrons. The van der Waals surface area contributed by atoms with E-state index in [9.17, 15) is 17.6 Å². The van der Waals surface area contributed by atoms with Crippen molar-refractivity contribution in [1.29, 1.82) is 0 Å². The summed E-state index contributed by atoms with van der Waals surface area (Å²) in [6, 6.07) is 13.2. The first-order valence-electron chi connectivity index (χ1n) is 10.6. The molecule has 2 heterocycles. The van der Waals surface area contributed by atoms with Gasteiger partial charge in [-0.1, -0.05) is 24.3 Å². The monoisotopic (exact) mass is 488 g/mol. The number of para-hydroxylation sites is 1. The second-order valence-corrected chi connectivity index (χ2v) is 10.6. The molecule has 1 amide bonds. The molecule has 1 aliphatic heterocycles. The van der Waals surface area contributed by atoms with Gasteiger partial charge < -0.3 is 9.80 Å². The quantitative estimate of drug-likeness (QED) is 0.553. The zero-order chi connectivity index (χ0) is 23.4. The number of hydrogen-bond acceptors (Lipinski definition) is 6. The van der Waals surface area contributed by atoms with E-state index in [1.807, 2.05) is 16.3 Å². The van der Waals surface area contributed by atoms with Crippen LogP contribution in [-0.2, 0) is 27.7 Å². The smallest absolute Gasteiger partial charge is 0.242 e. The van der Waals surface area contributed by atoms with Crippen molar-refractivity contribution >= 4 is 33.0 Å². The number of piperazine rings is 1. The van der Waals surface area contributed by atoms with Crippen LogP contribution in [0, 0.1) is 5.82 Å². The highest BCUT2D eigenvalue weighted by atomic mass is 32.2. The number of carbonyl (C=O) groups excluding carboxylic acids is 1. The van der Waals surface area contributed by atoms with Gasteiger partial charge in [0.2, 0.25) is 15.9 Å². The van der Waals surface area contributed by atoms with Crippen molar-refractivity contribution < 1.29 is 17.6 Å². The molecule has 0 unspecified atom stereocenters. The molecule has 0 spiro atoms. The minimum atomic E-state index is -3.57. The second-order valence-electron chi connectivity index (χ2n) is 7.76. The lowest BCUT2D eigenvalue weighted by atomic mass is 10.1. The number of benzene rings is 2. The van der Waals surface area contributed by atoms with E-state index in [0.717, 1.165) is 16.3 Å². The second kappa shape index (κ2) is 9.98. The number of anilines is 1. The van der Waals surface area contributed by atoms with Crippen molar-refractivity contribution in [3.63, 3.8) is 0 Å². The lowest BCUT2D eigenvalue weighted by Crippen LogP contribution is -2.49. The van der Waals surface area contributed by atoms with E-state index in [1.54, 1.807) is 35.2 Å². The Bertz CT molecular complexity index is 1220. The van der Waals surface area contributed by atoms with Crippen LogP contribution in [0.4, 0.5) is 10.1 Å². The molecule has 33 heavy (non-hydrogen) atoms. The van der Waals surface area contributed by atoms with Crippen molar-refractivity contribution in [2.45, 2.75) is 17.7 Å². The van der Waals surface area contributed by atoms with Gasteiger partial charge in [0.05, 0.1) is 22.8 Å². The SMILES string of the molecule is CNS(=O)(=O)c1ccccc1N1CCN(C(=O)Cc2csc(Cc3ccc(F)cc3)n2)CC1. The summed E-state index contributed by atoms with van der Waals surface area (Å²) in [6.07, 6.45) is 0.831. The third-order valence-electron chi connectivity index (χ3n) is 5.60. The molecule has 10 heteroatoms. The standard InChI is InChI=1S/C23H25FN4O3S2/c1-25-33(30,31)21-5-3-2-4-20(21)27-10-12-28(13-11-27)23(29)15-19-16-32-22(26-19)14-17-6-8-18(24)9-7-17/h2-9,16,25H,10-15H2,1H3. The minimum Gasteiger partial charge on any atom is -0.367 e. The van der Waals surface area contributed by atoms with E-state index in [0.29, 0.717) is 38.3 Å². The zero-order valence-corrected chi connectivity index (χ0v) is 19.8. The van der Waals surface area contributed by atoms with Crippen LogP contribution in [0.3, 0.4) is 0 Å². The van der Waals surface area contributed by atoms with Crippen molar-refractivity contribution in [3.8, 4) is 0 Å². The molecule has 1 fully saturated rings. The van der Waals surface area contributed by atoms with Crippen molar-refractivity contribution in [2.24, 2.45) is 0 Å². The molecule has 7 nitrogen and oxygen atoms in total. The van der Waals surface area contributed by atoms with E-state index < -0.39 is 10.0 Å². The number of hydrogen-bond donors (Lipinski definition) is 1. The third-order valence-corrected chi connectivity index (χ3v) is 7.96. The van der Waals surface area contributed by atoms with Crippen LogP contribution in [0.5, 0.6) is 0 Å². The summed E-state index contributed by atoms with van der Waals surface area (Å²) in [6.45, 7) is 2.13. The number of halogens is 1. The van der Waals surface area contributed by atoms with Gasteiger partial charge in [-0.25, -0.2) is 22.5 Å². The highest BCUT2D eigenvalue weighted by Crippen LogP contribution is 2.26. The molecular formula is C23H25FN4O3S2. The van der Waals surface area contributed by atoms with Crippen LogP contribution in [0.1, 0.15) is 16.3 Å². The number of sulfonamides is 1. The lowest BCUT2D eigenvalue weighted by Gasteiger charge is -2.36. The number of nitrogens with one attached hydrogen (secondary N) is 1. The van der Waals surface area contributed by atoms with E-state index in [-0.39, 0.29) is 23.0 Å². The first-order valence-corrected chi connectivity index (χ1v) is 12.9. The first-order chi connectivity index (χ1) is 15.9. The van der Waals surface area contributed by atoms with Crippen LogP contribution < -0.4 is 9.62 Å². The van der Waals surface area contributed by atoms with Crippen LogP contribution in [0.15, 0.2) is 58.8 Å². The van der Waals surface area contributed by atoms with Crippen LogP contribution in [0.25, 0.3) is 0 Å². The predicted molar refractivity (Wildman–Crippen MR) is 127 cm³/mol. The number of aromatic nitrogens is 1. The fraction of sp³-hybridized carbons (Fsp3) is 0.304. The average molecular weight is 489 g/mol. The van der Waals surface area contributed by atoms with Gasteiger partial charge in [-0.2, -0.15) is 0 Å². The van der Waals surface area contributed by atoms with Gasteiger partial charge in [-0.15, -0.1) is 11.3 Å². The normalized spacial score (nSPS) is 14.5. The molecular weight excluding hydrogens is 463 g/mol. The van der Waals surface area contributed by atoms with Gasteiger partial charge in [-0.3, -0.25) is 4.79 Å². The summed E-state index contributed by atoms with van der Waals surface area (Å²) < 4.78 is 40.1. The molecule has 1 aliphatic rings. The Hall–Kier alpha value is -2.82. The van der Waals surface area contributed by atoms with Gasteiger partial charge in [0, 0.05) is 38.0 Å². The van der Waals surface area contributed by atoms with Gasteiger partial charge in [0.15, 0.2) is 0 Å². The maximum Gasteiger partial charge on any atom is 0.242 e. The maximum atomic E-state index is 13.1. The molecule has 1 aromatic heterocycles.